The number of hydrogen-bond acceptors (Lipinski definition) is 2. The molecule has 3 atom stereocenters. The van der Waals surface area contributed by atoms with Crippen LogP contribution in [0.1, 0.15) is 26.7 Å². The third-order valence-corrected chi connectivity index (χ3v) is 3.52. The van der Waals surface area contributed by atoms with Crippen molar-refractivity contribution in [1.29, 1.82) is 0 Å². The number of ether oxygens (including phenoxy) is 1. The minimum absolute atomic E-state index is 0.0149. The maximum absolute atomic E-state index is 11.9. The molecular formula is C10H19F2NO. The van der Waals surface area contributed by atoms with Crippen molar-refractivity contribution >= 4 is 0 Å². The summed E-state index contributed by atoms with van der Waals surface area (Å²) in [6, 6.07) is 0.398. The summed E-state index contributed by atoms with van der Waals surface area (Å²) in [4.78, 5) is 0. The molecule has 1 rings (SSSR count). The maximum Gasteiger partial charge on any atom is 0.261 e. The van der Waals surface area contributed by atoms with Gasteiger partial charge in [-0.1, -0.05) is 13.8 Å². The van der Waals surface area contributed by atoms with Gasteiger partial charge >= 0.3 is 0 Å². The second-order valence-electron chi connectivity index (χ2n) is 4.15. The van der Waals surface area contributed by atoms with Gasteiger partial charge in [0, 0.05) is 11.5 Å². The zero-order chi connectivity index (χ0) is 10.8. The fourth-order valence-corrected chi connectivity index (χ4v) is 2.19. The Balaban J connectivity index is 2.41. The molecular weight excluding hydrogens is 188 g/mol. The minimum Gasteiger partial charge on any atom is -0.372 e. The average molecular weight is 207 g/mol. The van der Waals surface area contributed by atoms with E-state index in [-0.39, 0.29) is 11.5 Å². The van der Waals surface area contributed by atoms with E-state index in [4.69, 9.17) is 4.74 Å². The van der Waals surface area contributed by atoms with Crippen LogP contribution in [0.3, 0.4) is 0 Å². The van der Waals surface area contributed by atoms with E-state index in [1.807, 2.05) is 7.05 Å². The Bertz CT molecular complexity index is 189. The Morgan fingerprint density at radius 1 is 1.57 bits per heavy atom. The molecule has 1 saturated carbocycles. The third-order valence-electron chi connectivity index (χ3n) is 3.52. The first-order valence-corrected chi connectivity index (χ1v) is 5.11. The summed E-state index contributed by atoms with van der Waals surface area (Å²) < 4.78 is 29.1. The van der Waals surface area contributed by atoms with Crippen molar-refractivity contribution in [1.82, 2.24) is 5.32 Å². The molecule has 0 aromatic heterocycles. The predicted octanol–water partition coefficient (Wildman–Crippen LogP) is 2.04. The quantitative estimate of drug-likeness (QED) is 0.745. The summed E-state index contributed by atoms with van der Waals surface area (Å²) in [6.45, 7) is 3.73. The lowest BCUT2D eigenvalue weighted by Gasteiger charge is -2.53. The zero-order valence-electron chi connectivity index (χ0n) is 9.02. The van der Waals surface area contributed by atoms with Crippen molar-refractivity contribution in [2.45, 2.75) is 45.3 Å². The first kappa shape index (κ1) is 11.9. The lowest BCUT2D eigenvalue weighted by Crippen LogP contribution is -2.61. The standard InChI is InChI=1S/C10H19F2NO/c1-4-10(2)7(13-3)5-8(10)14-6-9(11)12/h7-9,13H,4-6H2,1-3H3. The van der Waals surface area contributed by atoms with E-state index in [0.29, 0.717) is 6.04 Å². The van der Waals surface area contributed by atoms with Crippen LogP contribution in [-0.4, -0.2) is 32.2 Å². The van der Waals surface area contributed by atoms with Crippen molar-refractivity contribution in [3.63, 3.8) is 0 Å². The van der Waals surface area contributed by atoms with Crippen LogP contribution in [0, 0.1) is 5.41 Å². The van der Waals surface area contributed by atoms with Gasteiger partial charge in [0.2, 0.25) is 0 Å². The number of halogens is 2. The fraction of sp³-hybridized carbons (Fsp3) is 1.00. The van der Waals surface area contributed by atoms with Gasteiger partial charge < -0.3 is 10.1 Å². The average Bonchev–Trinajstić information content (AvgIpc) is 2.14. The number of alkyl halides is 2. The van der Waals surface area contributed by atoms with Gasteiger partial charge in [0.05, 0.1) is 6.10 Å². The molecule has 0 heterocycles. The molecule has 0 bridgehead atoms. The lowest BCUT2D eigenvalue weighted by atomic mass is 9.61. The van der Waals surface area contributed by atoms with Gasteiger partial charge in [0.1, 0.15) is 6.61 Å². The fourth-order valence-electron chi connectivity index (χ4n) is 2.19. The normalized spacial score (nSPS) is 37.3. The van der Waals surface area contributed by atoms with Crippen molar-refractivity contribution < 1.29 is 13.5 Å². The van der Waals surface area contributed by atoms with Crippen molar-refractivity contribution in [3.8, 4) is 0 Å². The van der Waals surface area contributed by atoms with E-state index in [9.17, 15) is 8.78 Å². The predicted molar refractivity (Wildman–Crippen MR) is 51.6 cm³/mol. The van der Waals surface area contributed by atoms with Crippen LogP contribution >= 0.6 is 0 Å². The summed E-state index contributed by atoms with van der Waals surface area (Å²) in [5, 5.41) is 3.19. The zero-order valence-corrected chi connectivity index (χ0v) is 9.02. The SMILES string of the molecule is CCC1(C)C(NC)CC1OCC(F)F. The van der Waals surface area contributed by atoms with Gasteiger partial charge in [0.15, 0.2) is 0 Å². The molecule has 3 unspecified atom stereocenters. The largest absolute Gasteiger partial charge is 0.372 e. The molecule has 0 amide bonds. The highest BCUT2D eigenvalue weighted by Crippen LogP contribution is 2.45. The highest BCUT2D eigenvalue weighted by atomic mass is 19.3. The molecule has 84 valence electrons. The summed E-state index contributed by atoms with van der Waals surface area (Å²) in [5.41, 5.74) is 0.0175. The van der Waals surface area contributed by atoms with Gasteiger partial charge in [-0.25, -0.2) is 8.78 Å². The lowest BCUT2D eigenvalue weighted by molar-refractivity contribution is -0.147. The Kier molecular flexibility index (Phi) is 3.84. The van der Waals surface area contributed by atoms with E-state index < -0.39 is 13.0 Å². The molecule has 0 aromatic carbocycles. The molecule has 1 fully saturated rings. The highest BCUT2D eigenvalue weighted by Gasteiger charge is 2.50. The third kappa shape index (κ3) is 2.06. The first-order valence-electron chi connectivity index (χ1n) is 5.11. The van der Waals surface area contributed by atoms with Gasteiger partial charge in [-0.3, -0.25) is 0 Å². The van der Waals surface area contributed by atoms with Gasteiger partial charge in [0.25, 0.3) is 6.43 Å². The smallest absolute Gasteiger partial charge is 0.261 e. The minimum atomic E-state index is -2.36. The van der Waals surface area contributed by atoms with E-state index in [2.05, 4.69) is 19.2 Å². The van der Waals surface area contributed by atoms with Crippen LogP contribution in [0.25, 0.3) is 0 Å². The van der Waals surface area contributed by atoms with Gasteiger partial charge in [-0.05, 0) is 19.9 Å². The second kappa shape index (κ2) is 4.53. The monoisotopic (exact) mass is 207 g/mol. The van der Waals surface area contributed by atoms with Crippen LogP contribution in [-0.2, 0) is 4.74 Å². The molecule has 0 radical (unpaired) electrons. The summed E-state index contributed by atoms with van der Waals surface area (Å²) in [6.07, 6.45) is -0.580. The highest BCUT2D eigenvalue weighted by molar-refractivity contribution is 5.04. The van der Waals surface area contributed by atoms with Crippen LogP contribution in [0.15, 0.2) is 0 Å². The van der Waals surface area contributed by atoms with Gasteiger partial charge in [-0.15, -0.1) is 0 Å². The summed E-state index contributed by atoms with van der Waals surface area (Å²) >= 11 is 0. The topological polar surface area (TPSA) is 21.3 Å². The van der Waals surface area contributed by atoms with Crippen LogP contribution in [0.5, 0.6) is 0 Å². The second-order valence-corrected chi connectivity index (χ2v) is 4.15. The molecule has 14 heavy (non-hydrogen) atoms. The maximum atomic E-state index is 11.9. The Labute approximate surface area is 84.0 Å². The van der Waals surface area contributed by atoms with Crippen LogP contribution in [0.2, 0.25) is 0 Å². The van der Waals surface area contributed by atoms with Crippen molar-refractivity contribution in [3.05, 3.63) is 0 Å². The molecule has 2 nitrogen and oxygen atoms in total. The van der Waals surface area contributed by atoms with Crippen LogP contribution < -0.4 is 5.32 Å². The summed E-state index contributed by atoms with van der Waals surface area (Å²) in [5.74, 6) is 0. The van der Waals surface area contributed by atoms with E-state index in [1.165, 1.54) is 0 Å². The molecule has 4 heteroatoms. The van der Waals surface area contributed by atoms with E-state index in [1.54, 1.807) is 0 Å². The number of rotatable bonds is 5. The molecule has 1 N–H and O–H groups in total. The molecule has 0 aliphatic heterocycles. The molecule has 1 aliphatic carbocycles. The number of hydrogen-bond donors (Lipinski definition) is 1. The van der Waals surface area contributed by atoms with Crippen molar-refractivity contribution in [2.75, 3.05) is 13.7 Å². The van der Waals surface area contributed by atoms with Crippen molar-refractivity contribution in [2.24, 2.45) is 5.41 Å². The Morgan fingerprint density at radius 2 is 2.21 bits per heavy atom. The first-order chi connectivity index (χ1) is 6.54. The molecule has 0 saturated heterocycles. The summed E-state index contributed by atoms with van der Waals surface area (Å²) in [7, 11) is 1.90. The molecule has 0 spiro atoms. The Morgan fingerprint density at radius 3 is 2.64 bits per heavy atom. The Hall–Kier alpha value is -0.220. The molecule has 1 aliphatic rings. The van der Waals surface area contributed by atoms with E-state index >= 15 is 0 Å². The van der Waals surface area contributed by atoms with Gasteiger partial charge in [-0.2, -0.15) is 0 Å². The van der Waals surface area contributed by atoms with E-state index in [0.717, 1.165) is 12.8 Å². The number of nitrogens with one attached hydrogen (secondary N) is 1. The molecule has 0 aromatic rings. The van der Waals surface area contributed by atoms with Crippen LogP contribution in [0.4, 0.5) is 8.78 Å².